The van der Waals surface area contributed by atoms with Crippen molar-refractivity contribution in [3.63, 3.8) is 0 Å². The Bertz CT molecular complexity index is 860. The highest BCUT2D eigenvalue weighted by Gasteiger charge is 2.14. The van der Waals surface area contributed by atoms with Crippen molar-refractivity contribution in [2.24, 2.45) is 7.05 Å². The Kier molecular flexibility index (Phi) is 4.61. The predicted molar refractivity (Wildman–Crippen MR) is 89.7 cm³/mol. The molecule has 3 aromatic rings. The van der Waals surface area contributed by atoms with Gasteiger partial charge in [-0.2, -0.15) is 0 Å². The van der Waals surface area contributed by atoms with Crippen LogP contribution in [-0.4, -0.2) is 25.7 Å². The lowest BCUT2D eigenvalue weighted by Gasteiger charge is -2.02. The van der Waals surface area contributed by atoms with Gasteiger partial charge in [0.05, 0.1) is 11.6 Å². The van der Waals surface area contributed by atoms with Crippen LogP contribution in [0.15, 0.2) is 29.9 Å². The van der Waals surface area contributed by atoms with Crippen LogP contribution in [0.3, 0.4) is 0 Å². The zero-order valence-corrected chi connectivity index (χ0v) is 14.3. The number of nitrogens with one attached hydrogen (secondary N) is 1. The van der Waals surface area contributed by atoms with Crippen molar-refractivity contribution < 1.29 is 4.79 Å². The van der Waals surface area contributed by atoms with E-state index in [0.29, 0.717) is 26.6 Å². The van der Waals surface area contributed by atoms with Crippen LogP contribution in [-0.2, 0) is 13.6 Å². The van der Waals surface area contributed by atoms with Crippen molar-refractivity contribution in [1.82, 2.24) is 25.1 Å². The van der Waals surface area contributed by atoms with E-state index in [2.05, 4.69) is 20.5 Å². The fraction of sp³-hybridized carbons (Fsp3) is 0.143. The van der Waals surface area contributed by atoms with Gasteiger partial charge in [0.15, 0.2) is 5.82 Å². The molecule has 6 nitrogen and oxygen atoms in total. The molecule has 3 rings (SSSR count). The molecule has 0 saturated carbocycles. The van der Waals surface area contributed by atoms with Crippen LogP contribution in [0.5, 0.6) is 0 Å². The monoisotopic (exact) mass is 367 g/mol. The molecule has 0 bridgehead atoms. The molecule has 0 aliphatic rings. The van der Waals surface area contributed by atoms with Crippen molar-refractivity contribution in [3.05, 3.63) is 51.5 Å². The number of thiazole rings is 1. The van der Waals surface area contributed by atoms with Crippen molar-refractivity contribution in [1.29, 1.82) is 0 Å². The van der Waals surface area contributed by atoms with Gasteiger partial charge in [-0.1, -0.05) is 23.2 Å². The molecule has 0 fully saturated rings. The molecule has 2 heterocycles. The lowest BCUT2D eigenvalue weighted by molar-refractivity contribution is 0.0945. The molecule has 0 atom stereocenters. The second-order valence-corrected chi connectivity index (χ2v) is 6.40. The molecule has 0 saturated heterocycles. The molecule has 1 amide bonds. The molecule has 0 unspecified atom stereocenters. The molecule has 1 N–H and O–H groups in total. The van der Waals surface area contributed by atoms with Gasteiger partial charge in [0.25, 0.3) is 5.91 Å². The van der Waals surface area contributed by atoms with Gasteiger partial charge in [0, 0.05) is 23.0 Å². The summed E-state index contributed by atoms with van der Waals surface area (Å²) in [4.78, 5) is 16.5. The number of carbonyl (C=O) groups is 1. The minimum atomic E-state index is -0.277. The number of nitrogens with zero attached hydrogens (tertiary/aromatic N) is 4. The van der Waals surface area contributed by atoms with Gasteiger partial charge in [-0.25, -0.2) is 4.98 Å². The van der Waals surface area contributed by atoms with Crippen LogP contribution in [0.4, 0.5) is 0 Å². The smallest absolute Gasteiger partial charge is 0.271 e. The van der Waals surface area contributed by atoms with Gasteiger partial charge >= 0.3 is 0 Å². The van der Waals surface area contributed by atoms with E-state index < -0.39 is 0 Å². The second kappa shape index (κ2) is 6.66. The molecule has 1 aromatic carbocycles. The number of benzene rings is 1. The first kappa shape index (κ1) is 15.9. The Morgan fingerprint density at radius 2 is 2.22 bits per heavy atom. The van der Waals surface area contributed by atoms with Crippen LogP contribution in [0.25, 0.3) is 10.6 Å². The summed E-state index contributed by atoms with van der Waals surface area (Å²) in [7, 11) is 1.81. The number of aryl methyl sites for hydroxylation is 1. The van der Waals surface area contributed by atoms with Gasteiger partial charge < -0.3 is 9.88 Å². The maximum atomic E-state index is 12.2. The first-order chi connectivity index (χ1) is 11.0. The summed E-state index contributed by atoms with van der Waals surface area (Å²) in [6.07, 6.45) is 1.57. The normalized spacial score (nSPS) is 10.7. The van der Waals surface area contributed by atoms with E-state index in [9.17, 15) is 4.79 Å². The maximum Gasteiger partial charge on any atom is 0.271 e. The number of rotatable bonds is 4. The number of hydrogen-bond donors (Lipinski definition) is 1. The second-order valence-electron chi connectivity index (χ2n) is 4.70. The summed E-state index contributed by atoms with van der Waals surface area (Å²) in [6, 6.07) is 5.16. The van der Waals surface area contributed by atoms with Crippen molar-refractivity contribution in [2.45, 2.75) is 6.54 Å². The number of halogens is 2. The molecule has 0 aliphatic carbocycles. The SMILES string of the molecule is Cn1cnnc1CNC(=O)c1csc(-c2ccc(Cl)cc2Cl)n1. The van der Waals surface area contributed by atoms with E-state index >= 15 is 0 Å². The molecule has 23 heavy (non-hydrogen) atoms. The first-order valence-electron chi connectivity index (χ1n) is 6.56. The number of aromatic nitrogens is 4. The Labute approximate surface area is 146 Å². The fourth-order valence-corrected chi connectivity index (χ4v) is 3.27. The standard InChI is InChI=1S/C14H11Cl2N5OS/c1-21-7-18-20-12(21)5-17-13(22)11-6-23-14(19-11)9-3-2-8(15)4-10(9)16/h2-4,6-7H,5H2,1H3,(H,17,22). The molecule has 0 aliphatic heterocycles. The van der Waals surface area contributed by atoms with Gasteiger partial charge in [-0.05, 0) is 18.2 Å². The zero-order chi connectivity index (χ0) is 16.4. The van der Waals surface area contributed by atoms with Crippen molar-refractivity contribution in [3.8, 4) is 10.6 Å². The summed E-state index contributed by atoms with van der Waals surface area (Å²) in [6.45, 7) is 0.282. The Hall–Kier alpha value is -1.96. The van der Waals surface area contributed by atoms with Gasteiger partial charge in [0.2, 0.25) is 0 Å². The maximum absolute atomic E-state index is 12.2. The Morgan fingerprint density at radius 3 is 2.91 bits per heavy atom. The van der Waals surface area contributed by atoms with E-state index in [4.69, 9.17) is 23.2 Å². The Balaban J connectivity index is 1.73. The molecule has 0 spiro atoms. The number of amides is 1. The van der Waals surface area contributed by atoms with Crippen LogP contribution in [0, 0.1) is 0 Å². The third-order valence-corrected chi connectivity index (χ3v) is 4.53. The molecule has 9 heteroatoms. The molecule has 0 radical (unpaired) electrons. The van der Waals surface area contributed by atoms with Gasteiger partial charge in [-0.15, -0.1) is 21.5 Å². The van der Waals surface area contributed by atoms with E-state index in [1.54, 1.807) is 34.5 Å². The van der Waals surface area contributed by atoms with Crippen LogP contribution in [0.1, 0.15) is 16.3 Å². The summed E-state index contributed by atoms with van der Waals surface area (Å²) in [5.41, 5.74) is 1.08. The highest BCUT2D eigenvalue weighted by molar-refractivity contribution is 7.13. The van der Waals surface area contributed by atoms with E-state index in [1.165, 1.54) is 11.3 Å². The quantitative estimate of drug-likeness (QED) is 0.768. The average Bonchev–Trinajstić information content (AvgIpc) is 3.14. The zero-order valence-electron chi connectivity index (χ0n) is 12.0. The van der Waals surface area contributed by atoms with Crippen molar-refractivity contribution in [2.75, 3.05) is 0 Å². The highest BCUT2D eigenvalue weighted by atomic mass is 35.5. The molecular weight excluding hydrogens is 357 g/mol. The van der Waals surface area contributed by atoms with E-state index in [0.717, 1.165) is 5.56 Å². The largest absolute Gasteiger partial charge is 0.343 e. The number of hydrogen-bond acceptors (Lipinski definition) is 5. The lowest BCUT2D eigenvalue weighted by Crippen LogP contribution is -2.24. The Morgan fingerprint density at radius 1 is 1.39 bits per heavy atom. The third-order valence-electron chi connectivity index (χ3n) is 3.11. The van der Waals surface area contributed by atoms with Crippen LogP contribution < -0.4 is 5.32 Å². The topological polar surface area (TPSA) is 72.7 Å². The summed E-state index contributed by atoms with van der Waals surface area (Å²) < 4.78 is 1.74. The molecule has 118 valence electrons. The molecular formula is C14H11Cl2N5OS. The summed E-state index contributed by atoms with van der Waals surface area (Å²) in [5.74, 6) is 0.384. The fourth-order valence-electron chi connectivity index (χ4n) is 1.88. The van der Waals surface area contributed by atoms with E-state index in [1.807, 2.05) is 7.05 Å². The van der Waals surface area contributed by atoms with Crippen molar-refractivity contribution >= 4 is 40.4 Å². The van der Waals surface area contributed by atoms with E-state index in [-0.39, 0.29) is 12.5 Å². The predicted octanol–water partition coefficient (Wildman–Crippen LogP) is 3.18. The summed E-state index contributed by atoms with van der Waals surface area (Å²) in [5, 5.41) is 13.8. The number of carbonyl (C=O) groups excluding carboxylic acids is 1. The lowest BCUT2D eigenvalue weighted by atomic mass is 10.2. The summed E-state index contributed by atoms with van der Waals surface area (Å²) >= 11 is 13.4. The van der Waals surface area contributed by atoms with Crippen LogP contribution >= 0.6 is 34.5 Å². The first-order valence-corrected chi connectivity index (χ1v) is 8.20. The van der Waals surface area contributed by atoms with Gasteiger partial charge in [-0.3, -0.25) is 4.79 Å². The molecule has 2 aromatic heterocycles. The third kappa shape index (κ3) is 3.52. The minimum absolute atomic E-state index is 0.277. The highest BCUT2D eigenvalue weighted by Crippen LogP contribution is 2.32. The van der Waals surface area contributed by atoms with Crippen LogP contribution in [0.2, 0.25) is 10.0 Å². The minimum Gasteiger partial charge on any atom is -0.343 e. The van der Waals surface area contributed by atoms with Gasteiger partial charge in [0.1, 0.15) is 17.0 Å². The average molecular weight is 368 g/mol.